The number of benzene rings is 1. The molecule has 0 heterocycles. The largest absolute Gasteiger partial charge is 0.507 e. The maximum atomic E-state index is 11.9. The highest BCUT2D eigenvalue weighted by atomic mass is 16.3. The molecule has 0 aliphatic heterocycles. The van der Waals surface area contributed by atoms with Crippen LogP contribution in [0.5, 0.6) is 5.75 Å². The van der Waals surface area contributed by atoms with Crippen LogP contribution in [0.15, 0.2) is 18.2 Å². The van der Waals surface area contributed by atoms with E-state index in [1.54, 1.807) is 18.2 Å². The molecule has 0 spiro atoms. The summed E-state index contributed by atoms with van der Waals surface area (Å²) in [4.78, 5) is 14.2. The number of aromatic hydroxyl groups is 1. The van der Waals surface area contributed by atoms with Gasteiger partial charge in [0.05, 0.1) is 5.56 Å². The van der Waals surface area contributed by atoms with Crippen molar-refractivity contribution in [3.63, 3.8) is 0 Å². The third-order valence-corrected chi connectivity index (χ3v) is 3.32. The smallest absolute Gasteiger partial charge is 0.255 e. The van der Waals surface area contributed by atoms with E-state index in [1.165, 1.54) is 12.8 Å². The van der Waals surface area contributed by atoms with E-state index >= 15 is 0 Å². The highest BCUT2D eigenvalue weighted by Gasteiger charge is 2.25. The molecule has 1 aromatic rings. The maximum absolute atomic E-state index is 11.9. The van der Waals surface area contributed by atoms with Gasteiger partial charge in [0.2, 0.25) is 0 Å². The molecule has 1 saturated carbocycles. The molecule has 2 rings (SSSR count). The number of nitrogens with one attached hydrogen (secondary N) is 1. The summed E-state index contributed by atoms with van der Waals surface area (Å²) < 4.78 is 0. The fourth-order valence-electron chi connectivity index (χ4n) is 1.97. The number of phenols is 1. The number of carbonyl (C=O) groups is 1. The number of carbonyl (C=O) groups excluding carboxylic acids is 1. The molecule has 0 unspecified atom stereocenters. The number of phenolic OH excluding ortho intramolecular Hbond substituents is 1. The van der Waals surface area contributed by atoms with Crippen LogP contribution >= 0.6 is 0 Å². The van der Waals surface area contributed by atoms with Crippen molar-refractivity contribution in [3.8, 4) is 5.75 Å². The molecule has 4 nitrogen and oxygen atoms in total. The zero-order valence-electron chi connectivity index (χ0n) is 10.9. The summed E-state index contributed by atoms with van der Waals surface area (Å²) in [6, 6.07) is 5.75. The Morgan fingerprint density at radius 1 is 1.50 bits per heavy atom. The minimum absolute atomic E-state index is 0.0358. The van der Waals surface area contributed by atoms with Crippen molar-refractivity contribution in [1.82, 2.24) is 10.2 Å². The van der Waals surface area contributed by atoms with Crippen LogP contribution in [0.4, 0.5) is 0 Å². The van der Waals surface area contributed by atoms with E-state index in [4.69, 9.17) is 0 Å². The number of likely N-dealkylation sites (N-methyl/N-ethyl adjacent to an activating group) is 1. The van der Waals surface area contributed by atoms with Gasteiger partial charge in [-0.15, -0.1) is 0 Å². The average molecular weight is 248 g/mol. The highest BCUT2D eigenvalue weighted by molar-refractivity contribution is 5.96. The van der Waals surface area contributed by atoms with Crippen molar-refractivity contribution >= 4 is 5.91 Å². The van der Waals surface area contributed by atoms with E-state index in [0.717, 1.165) is 12.1 Å². The van der Waals surface area contributed by atoms with Crippen LogP contribution in [0.3, 0.4) is 0 Å². The second-order valence-electron chi connectivity index (χ2n) is 4.99. The molecule has 0 bridgehead atoms. The fourth-order valence-corrected chi connectivity index (χ4v) is 1.97. The first-order valence-corrected chi connectivity index (χ1v) is 6.36. The monoisotopic (exact) mass is 248 g/mol. The lowest BCUT2D eigenvalue weighted by Gasteiger charge is -2.16. The number of nitrogens with zero attached hydrogens (tertiary/aromatic N) is 1. The molecule has 1 amide bonds. The summed E-state index contributed by atoms with van der Waals surface area (Å²) in [5, 5.41) is 12.5. The third kappa shape index (κ3) is 3.23. The summed E-state index contributed by atoms with van der Waals surface area (Å²) >= 11 is 0. The Balaban J connectivity index is 1.85. The Morgan fingerprint density at radius 2 is 2.22 bits per heavy atom. The number of rotatable bonds is 5. The van der Waals surface area contributed by atoms with Crippen molar-refractivity contribution < 1.29 is 9.90 Å². The molecule has 98 valence electrons. The van der Waals surface area contributed by atoms with Crippen molar-refractivity contribution in [2.24, 2.45) is 0 Å². The van der Waals surface area contributed by atoms with Gasteiger partial charge in [0.25, 0.3) is 5.91 Å². The van der Waals surface area contributed by atoms with Crippen molar-refractivity contribution in [1.29, 1.82) is 0 Å². The first kappa shape index (κ1) is 12.9. The van der Waals surface area contributed by atoms with Crippen LogP contribution in [0.1, 0.15) is 28.8 Å². The average Bonchev–Trinajstić information content (AvgIpc) is 3.16. The molecule has 0 atom stereocenters. The SMILES string of the molecule is Cc1ccc(O)c(C(=O)NCCN(C)C2CC2)c1. The highest BCUT2D eigenvalue weighted by Crippen LogP contribution is 2.24. The normalized spacial score (nSPS) is 14.8. The Bertz CT molecular complexity index is 441. The Morgan fingerprint density at radius 3 is 2.89 bits per heavy atom. The predicted octanol–water partition coefficient (Wildman–Crippen LogP) is 1.52. The number of hydrogen-bond donors (Lipinski definition) is 2. The zero-order chi connectivity index (χ0) is 13.1. The van der Waals surface area contributed by atoms with Crippen molar-refractivity contribution in [2.75, 3.05) is 20.1 Å². The van der Waals surface area contributed by atoms with Crippen molar-refractivity contribution in [3.05, 3.63) is 29.3 Å². The summed E-state index contributed by atoms with van der Waals surface area (Å²) in [6.07, 6.45) is 2.53. The molecular formula is C14H20N2O2. The molecule has 1 aliphatic rings. The van der Waals surface area contributed by atoms with E-state index in [-0.39, 0.29) is 11.7 Å². The maximum Gasteiger partial charge on any atom is 0.255 e. The van der Waals surface area contributed by atoms with Gasteiger partial charge in [-0.05, 0) is 38.9 Å². The molecule has 18 heavy (non-hydrogen) atoms. The van der Waals surface area contributed by atoms with Gasteiger partial charge in [-0.3, -0.25) is 4.79 Å². The summed E-state index contributed by atoms with van der Waals surface area (Å²) in [5.41, 5.74) is 1.32. The molecule has 1 aliphatic carbocycles. The summed E-state index contributed by atoms with van der Waals surface area (Å²) in [5.74, 6) is -0.172. The first-order chi connectivity index (χ1) is 8.58. The number of amides is 1. The molecular weight excluding hydrogens is 228 g/mol. The van der Waals surface area contributed by atoms with Crippen LogP contribution in [0, 0.1) is 6.92 Å². The summed E-state index contributed by atoms with van der Waals surface area (Å²) in [7, 11) is 2.08. The van der Waals surface area contributed by atoms with Crippen LogP contribution in [-0.4, -0.2) is 42.1 Å². The lowest BCUT2D eigenvalue weighted by Crippen LogP contribution is -2.34. The van der Waals surface area contributed by atoms with Gasteiger partial charge in [-0.2, -0.15) is 0 Å². The van der Waals surface area contributed by atoms with Crippen LogP contribution in [0.25, 0.3) is 0 Å². The topological polar surface area (TPSA) is 52.6 Å². The van der Waals surface area contributed by atoms with Crippen LogP contribution < -0.4 is 5.32 Å². The van der Waals surface area contributed by atoms with Gasteiger partial charge in [0.1, 0.15) is 5.75 Å². The van der Waals surface area contributed by atoms with E-state index in [1.807, 2.05) is 6.92 Å². The van der Waals surface area contributed by atoms with Gasteiger partial charge in [0, 0.05) is 19.1 Å². The second kappa shape index (κ2) is 5.40. The lowest BCUT2D eigenvalue weighted by atomic mass is 10.1. The van der Waals surface area contributed by atoms with Gasteiger partial charge in [0.15, 0.2) is 0 Å². The van der Waals surface area contributed by atoms with E-state index < -0.39 is 0 Å². The molecule has 1 fully saturated rings. The summed E-state index contributed by atoms with van der Waals surface area (Å²) in [6.45, 7) is 3.36. The molecule has 0 aromatic heterocycles. The molecule has 0 radical (unpaired) electrons. The number of hydrogen-bond acceptors (Lipinski definition) is 3. The van der Waals surface area contributed by atoms with Gasteiger partial charge >= 0.3 is 0 Å². The van der Waals surface area contributed by atoms with E-state index in [2.05, 4.69) is 17.3 Å². The quantitative estimate of drug-likeness (QED) is 0.830. The lowest BCUT2D eigenvalue weighted by molar-refractivity contribution is 0.0946. The Labute approximate surface area is 108 Å². The Hall–Kier alpha value is -1.55. The molecule has 2 N–H and O–H groups in total. The van der Waals surface area contributed by atoms with Crippen LogP contribution in [-0.2, 0) is 0 Å². The van der Waals surface area contributed by atoms with Crippen LogP contribution in [0.2, 0.25) is 0 Å². The van der Waals surface area contributed by atoms with Gasteiger partial charge < -0.3 is 15.3 Å². The molecule has 1 aromatic carbocycles. The van der Waals surface area contributed by atoms with Gasteiger partial charge in [-0.25, -0.2) is 0 Å². The molecule has 0 saturated heterocycles. The van der Waals surface area contributed by atoms with E-state index in [9.17, 15) is 9.90 Å². The van der Waals surface area contributed by atoms with Gasteiger partial charge in [-0.1, -0.05) is 11.6 Å². The first-order valence-electron chi connectivity index (χ1n) is 6.36. The predicted molar refractivity (Wildman–Crippen MR) is 70.8 cm³/mol. The standard InChI is InChI=1S/C14H20N2O2/c1-10-3-6-13(17)12(9-10)14(18)15-7-8-16(2)11-4-5-11/h3,6,9,11,17H,4-5,7-8H2,1-2H3,(H,15,18). The second-order valence-corrected chi connectivity index (χ2v) is 4.99. The third-order valence-electron chi connectivity index (χ3n) is 3.32. The van der Waals surface area contributed by atoms with E-state index in [0.29, 0.717) is 18.2 Å². The Kier molecular flexibility index (Phi) is 3.87. The minimum Gasteiger partial charge on any atom is -0.507 e. The van der Waals surface area contributed by atoms with Crippen molar-refractivity contribution in [2.45, 2.75) is 25.8 Å². The minimum atomic E-state index is -0.208. The molecule has 4 heteroatoms. The fraction of sp³-hybridized carbons (Fsp3) is 0.500. The number of aryl methyl sites for hydroxylation is 1. The zero-order valence-corrected chi connectivity index (χ0v) is 10.9.